The lowest BCUT2D eigenvalue weighted by molar-refractivity contribution is 0.515. The minimum Gasteiger partial charge on any atom is -0.544 e. The predicted molar refractivity (Wildman–Crippen MR) is 67.3 cm³/mol. The van der Waals surface area contributed by atoms with Gasteiger partial charge in [-0.15, -0.1) is 0 Å². The Morgan fingerprint density at radius 3 is 2.60 bits per heavy atom. The van der Waals surface area contributed by atoms with Crippen LogP contribution >= 0.6 is 0 Å². The zero-order chi connectivity index (χ0) is 11.1. The van der Waals surface area contributed by atoms with Crippen LogP contribution in [0.25, 0.3) is 5.76 Å². The van der Waals surface area contributed by atoms with E-state index in [1.165, 1.54) is 16.7 Å². The van der Waals surface area contributed by atoms with Gasteiger partial charge in [-0.1, -0.05) is 18.2 Å². The summed E-state index contributed by atoms with van der Waals surface area (Å²) in [6.07, 6.45) is 3.25. The molecule has 80 valence electrons. The number of aryl methyl sites for hydroxylation is 1. The molecule has 0 aliphatic heterocycles. The van der Waals surface area contributed by atoms with Crippen molar-refractivity contribution in [2.75, 3.05) is 0 Å². The van der Waals surface area contributed by atoms with Crippen molar-refractivity contribution in [2.24, 2.45) is 0 Å². The molecule has 0 aromatic heterocycles. The molecule has 0 N–H and O–H groups in total. The van der Waals surface area contributed by atoms with Gasteiger partial charge < -0.3 is 4.43 Å². The smallest absolute Gasteiger partial charge is 0.242 e. The highest BCUT2D eigenvalue weighted by atomic mass is 28.4. The van der Waals surface area contributed by atoms with Gasteiger partial charge in [0.1, 0.15) is 5.76 Å². The van der Waals surface area contributed by atoms with E-state index in [2.05, 4.69) is 50.8 Å². The Morgan fingerprint density at radius 2 is 1.93 bits per heavy atom. The molecule has 0 heterocycles. The van der Waals surface area contributed by atoms with Crippen LogP contribution in [0.15, 0.2) is 24.3 Å². The van der Waals surface area contributed by atoms with Crippen LogP contribution in [0.2, 0.25) is 19.6 Å². The van der Waals surface area contributed by atoms with Gasteiger partial charge in [-0.3, -0.25) is 0 Å². The molecule has 1 aliphatic rings. The summed E-state index contributed by atoms with van der Waals surface area (Å²) in [4.78, 5) is 0. The largest absolute Gasteiger partial charge is 0.544 e. The highest BCUT2D eigenvalue weighted by molar-refractivity contribution is 6.70. The second-order valence-electron chi connectivity index (χ2n) is 5.09. The van der Waals surface area contributed by atoms with E-state index in [9.17, 15) is 0 Å². The van der Waals surface area contributed by atoms with Crippen molar-refractivity contribution in [3.05, 3.63) is 41.0 Å². The molecular formula is C13H18OSi. The van der Waals surface area contributed by atoms with Gasteiger partial charge in [0.05, 0.1) is 0 Å². The molecule has 0 amide bonds. The van der Waals surface area contributed by atoms with Crippen LogP contribution in [0.1, 0.15) is 16.7 Å². The first-order valence-electron chi connectivity index (χ1n) is 5.45. The van der Waals surface area contributed by atoms with E-state index < -0.39 is 8.32 Å². The number of rotatable bonds is 2. The molecule has 2 heteroatoms. The van der Waals surface area contributed by atoms with Crippen LogP contribution in [0.3, 0.4) is 0 Å². The van der Waals surface area contributed by atoms with Crippen LogP contribution in [0.4, 0.5) is 0 Å². The molecular weight excluding hydrogens is 200 g/mol. The number of fused-ring (bicyclic) bond motifs is 1. The van der Waals surface area contributed by atoms with E-state index in [-0.39, 0.29) is 0 Å². The third-order valence-electron chi connectivity index (χ3n) is 2.58. The average molecular weight is 218 g/mol. The maximum absolute atomic E-state index is 6.08. The van der Waals surface area contributed by atoms with E-state index in [0.717, 1.165) is 12.2 Å². The summed E-state index contributed by atoms with van der Waals surface area (Å²) in [5, 5.41) is 0. The topological polar surface area (TPSA) is 9.23 Å². The Labute approximate surface area is 92.9 Å². The fourth-order valence-corrected chi connectivity index (χ4v) is 2.79. The normalized spacial score (nSPS) is 14.8. The highest BCUT2D eigenvalue weighted by Gasteiger charge is 2.23. The summed E-state index contributed by atoms with van der Waals surface area (Å²) < 4.78 is 6.08. The Kier molecular flexibility index (Phi) is 2.47. The maximum atomic E-state index is 6.08. The van der Waals surface area contributed by atoms with Crippen molar-refractivity contribution in [3.8, 4) is 0 Å². The summed E-state index contributed by atoms with van der Waals surface area (Å²) in [6, 6.07) is 6.45. The lowest BCUT2D eigenvalue weighted by Gasteiger charge is -2.21. The lowest BCUT2D eigenvalue weighted by atomic mass is 10.0. The van der Waals surface area contributed by atoms with E-state index >= 15 is 0 Å². The number of hydrogen-bond acceptors (Lipinski definition) is 1. The Morgan fingerprint density at radius 1 is 1.20 bits per heavy atom. The summed E-state index contributed by atoms with van der Waals surface area (Å²) in [5.74, 6) is 1.10. The van der Waals surface area contributed by atoms with Crippen molar-refractivity contribution in [2.45, 2.75) is 33.0 Å². The first kappa shape index (κ1) is 10.5. The van der Waals surface area contributed by atoms with Crippen LogP contribution in [0, 0.1) is 6.92 Å². The minimum atomic E-state index is -1.48. The summed E-state index contributed by atoms with van der Waals surface area (Å²) >= 11 is 0. The van der Waals surface area contributed by atoms with Gasteiger partial charge in [0.15, 0.2) is 0 Å². The zero-order valence-electron chi connectivity index (χ0n) is 9.92. The first-order valence-corrected chi connectivity index (χ1v) is 8.86. The van der Waals surface area contributed by atoms with Gasteiger partial charge in [-0.05, 0) is 50.2 Å². The predicted octanol–water partition coefficient (Wildman–Crippen LogP) is 3.74. The number of allylic oxidation sites excluding steroid dienone is 1. The van der Waals surface area contributed by atoms with E-state index in [0.29, 0.717) is 0 Å². The van der Waals surface area contributed by atoms with Crippen LogP contribution in [-0.2, 0) is 10.8 Å². The molecule has 2 rings (SSSR count). The van der Waals surface area contributed by atoms with E-state index in [4.69, 9.17) is 4.43 Å². The molecule has 0 saturated carbocycles. The van der Waals surface area contributed by atoms with E-state index in [1.54, 1.807) is 0 Å². The maximum Gasteiger partial charge on any atom is 0.242 e. The van der Waals surface area contributed by atoms with Gasteiger partial charge in [0.25, 0.3) is 0 Å². The molecule has 0 saturated heterocycles. The van der Waals surface area contributed by atoms with Gasteiger partial charge in [0, 0.05) is 5.56 Å². The molecule has 0 radical (unpaired) electrons. The molecule has 1 aliphatic carbocycles. The third-order valence-corrected chi connectivity index (χ3v) is 3.42. The molecule has 15 heavy (non-hydrogen) atoms. The molecule has 1 aromatic carbocycles. The number of hydrogen-bond donors (Lipinski definition) is 0. The fourth-order valence-electron chi connectivity index (χ4n) is 1.94. The lowest BCUT2D eigenvalue weighted by Crippen LogP contribution is -2.24. The molecule has 1 nitrogen and oxygen atoms in total. The standard InChI is InChI=1S/C13H18OSi/c1-10-6-5-7-12-11(10)8-9-13(12)14-15(2,3)4/h5-7,9H,8H2,1-4H3. The Bertz CT molecular complexity index is 413. The van der Waals surface area contributed by atoms with E-state index in [1.807, 2.05) is 0 Å². The molecule has 0 unspecified atom stereocenters. The van der Waals surface area contributed by atoms with Crippen molar-refractivity contribution < 1.29 is 4.43 Å². The van der Waals surface area contributed by atoms with Gasteiger partial charge in [-0.2, -0.15) is 0 Å². The third kappa shape index (κ3) is 2.15. The fraction of sp³-hybridized carbons (Fsp3) is 0.385. The summed E-state index contributed by atoms with van der Waals surface area (Å²) in [7, 11) is -1.48. The Balaban J connectivity index is 2.32. The summed E-state index contributed by atoms with van der Waals surface area (Å²) in [5.41, 5.74) is 4.11. The van der Waals surface area contributed by atoms with Crippen LogP contribution in [-0.4, -0.2) is 8.32 Å². The van der Waals surface area contributed by atoms with Gasteiger partial charge in [-0.25, -0.2) is 0 Å². The minimum absolute atomic E-state index is 1.03. The van der Waals surface area contributed by atoms with Crippen molar-refractivity contribution in [1.29, 1.82) is 0 Å². The molecule has 1 aromatic rings. The monoisotopic (exact) mass is 218 g/mol. The second kappa shape index (κ2) is 3.53. The van der Waals surface area contributed by atoms with Crippen molar-refractivity contribution >= 4 is 14.1 Å². The van der Waals surface area contributed by atoms with Crippen molar-refractivity contribution in [3.63, 3.8) is 0 Å². The summed E-state index contributed by atoms with van der Waals surface area (Å²) in [6.45, 7) is 8.84. The SMILES string of the molecule is Cc1cccc2c1CC=C2O[Si](C)(C)C. The first-order chi connectivity index (χ1) is 6.97. The zero-order valence-corrected chi connectivity index (χ0v) is 10.9. The highest BCUT2D eigenvalue weighted by Crippen LogP contribution is 2.32. The second-order valence-corrected chi connectivity index (χ2v) is 9.52. The van der Waals surface area contributed by atoms with Crippen LogP contribution < -0.4 is 0 Å². The average Bonchev–Trinajstić information content (AvgIpc) is 2.48. The molecule has 0 fully saturated rings. The van der Waals surface area contributed by atoms with Crippen LogP contribution in [0.5, 0.6) is 0 Å². The molecule has 0 bridgehead atoms. The van der Waals surface area contributed by atoms with Crippen molar-refractivity contribution in [1.82, 2.24) is 0 Å². The van der Waals surface area contributed by atoms with Gasteiger partial charge >= 0.3 is 0 Å². The van der Waals surface area contributed by atoms with Gasteiger partial charge in [0.2, 0.25) is 8.32 Å². The molecule has 0 atom stereocenters. The Hall–Kier alpha value is -1.02. The number of benzene rings is 1. The quantitative estimate of drug-likeness (QED) is 0.687. The molecule has 0 spiro atoms.